The molecule has 0 spiro atoms. The Hall–Kier alpha value is -4.87. The summed E-state index contributed by atoms with van der Waals surface area (Å²) in [4.78, 5) is 16.5. The van der Waals surface area contributed by atoms with Gasteiger partial charge in [0.15, 0.2) is 11.5 Å². The van der Waals surface area contributed by atoms with Crippen molar-refractivity contribution in [1.29, 1.82) is 0 Å². The zero-order valence-electron chi connectivity index (χ0n) is 22.4. The second kappa shape index (κ2) is 10.7. The number of rotatable bonds is 9. The summed E-state index contributed by atoms with van der Waals surface area (Å²) in [5.74, 6) is 0.0742. The Balaban J connectivity index is 1.49. The zero-order valence-corrected chi connectivity index (χ0v) is 22.4. The zero-order chi connectivity index (χ0) is 28.4. The number of phenolic OH excluding ortho intramolecular Hbond substituents is 1. The smallest absolute Gasteiger partial charge is 0.354 e. The topological polar surface area (TPSA) is 156 Å². The van der Waals surface area contributed by atoms with E-state index in [0.717, 1.165) is 33.4 Å². The van der Waals surface area contributed by atoms with Crippen LogP contribution in [0.1, 0.15) is 52.3 Å². The van der Waals surface area contributed by atoms with Gasteiger partial charge in [-0.1, -0.05) is 54.6 Å². The van der Waals surface area contributed by atoms with Gasteiger partial charge in [0.2, 0.25) is 5.95 Å². The number of hydrazone groups is 1. The van der Waals surface area contributed by atoms with Gasteiger partial charge in [-0.3, -0.25) is 9.99 Å². The van der Waals surface area contributed by atoms with Crippen LogP contribution in [0.15, 0.2) is 71.8 Å². The number of aromatic hydroxyl groups is 1. The highest BCUT2D eigenvalue weighted by atomic mass is 16.4. The highest BCUT2D eigenvalue weighted by molar-refractivity contribution is 6.04. The predicted molar refractivity (Wildman–Crippen MR) is 152 cm³/mol. The molecule has 5 rings (SSSR count). The van der Waals surface area contributed by atoms with E-state index in [1.807, 2.05) is 42.5 Å². The van der Waals surface area contributed by atoms with E-state index in [9.17, 15) is 20.1 Å². The van der Waals surface area contributed by atoms with Crippen molar-refractivity contribution in [3.05, 3.63) is 100 Å². The number of carbonyl (C=O) groups is 1. The molecule has 4 aromatic rings. The number of aromatic carboxylic acids is 1. The molecule has 1 aromatic heterocycles. The van der Waals surface area contributed by atoms with Crippen molar-refractivity contribution < 1.29 is 20.1 Å². The molecule has 40 heavy (non-hydrogen) atoms. The predicted octanol–water partition coefficient (Wildman–Crippen LogP) is 3.14. The van der Waals surface area contributed by atoms with Crippen LogP contribution in [0.5, 0.6) is 5.75 Å². The van der Waals surface area contributed by atoms with Crippen molar-refractivity contribution in [2.75, 3.05) is 12.4 Å². The summed E-state index contributed by atoms with van der Waals surface area (Å²) < 4.78 is 1.56. The molecule has 0 bridgehead atoms. The van der Waals surface area contributed by atoms with Gasteiger partial charge in [0, 0.05) is 12.6 Å². The monoisotopic (exact) mass is 541 g/mol. The number of hydrazine groups is 2. The van der Waals surface area contributed by atoms with Crippen molar-refractivity contribution in [2.24, 2.45) is 5.10 Å². The largest absolute Gasteiger partial charge is 0.508 e. The number of aliphatic hydroxyl groups is 1. The Kier molecular flexibility index (Phi) is 7.16. The lowest BCUT2D eigenvalue weighted by atomic mass is 9.93. The molecule has 0 amide bonds. The summed E-state index contributed by atoms with van der Waals surface area (Å²) in [7, 11) is 1.66. The van der Waals surface area contributed by atoms with Crippen LogP contribution in [-0.4, -0.2) is 43.7 Å². The number of nitrogens with one attached hydrogen (secondary N) is 4. The third-order valence-corrected chi connectivity index (χ3v) is 6.67. The molecule has 0 saturated carbocycles. The number of anilines is 1. The molecule has 0 saturated heterocycles. The number of hydrogen-bond donors (Lipinski definition) is 7. The van der Waals surface area contributed by atoms with Crippen LogP contribution in [0.25, 0.3) is 11.1 Å². The van der Waals surface area contributed by atoms with E-state index in [-0.39, 0.29) is 23.7 Å². The average molecular weight is 542 g/mol. The van der Waals surface area contributed by atoms with Crippen molar-refractivity contribution in [3.63, 3.8) is 0 Å². The van der Waals surface area contributed by atoms with Crippen molar-refractivity contribution in [3.8, 4) is 16.9 Å². The Morgan fingerprint density at radius 3 is 2.25 bits per heavy atom. The van der Waals surface area contributed by atoms with E-state index < -0.39 is 11.6 Å². The second-order valence-corrected chi connectivity index (χ2v) is 10.1. The van der Waals surface area contributed by atoms with Gasteiger partial charge in [-0.15, -0.1) is 10.6 Å². The first-order valence-electron chi connectivity index (χ1n) is 12.7. The highest BCUT2D eigenvalue weighted by Crippen LogP contribution is 2.30. The lowest BCUT2D eigenvalue weighted by molar-refractivity contribution is 0.0602. The Morgan fingerprint density at radius 1 is 0.975 bits per heavy atom. The normalized spacial score (nSPS) is 12.9. The van der Waals surface area contributed by atoms with Gasteiger partial charge in [0.1, 0.15) is 17.0 Å². The lowest BCUT2D eigenvalue weighted by Crippen LogP contribution is -2.35. The van der Waals surface area contributed by atoms with Crippen molar-refractivity contribution >= 4 is 17.8 Å². The number of imidazole rings is 1. The number of carboxylic acid groups (broad SMARTS) is 1. The first kappa shape index (κ1) is 26.7. The number of hydrogen-bond acceptors (Lipinski definition) is 9. The van der Waals surface area contributed by atoms with Gasteiger partial charge >= 0.3 is 5.97 Å². The van der Waals surface area contributed by atoms with Crippen molar-refractivity contribution in [2.45, 2.75) is 32.4 Å². The minimum absolute atomic E-state index is 0.0598. The summed E-state index contributed by atoms with van der Waals surface area (Å²) >= 11 is 0. The fourth-order valence-corrected chi connectivity index (χ4v) is 4.74. The van der Waals surface area contributed by atoms with Crippen LogP contribution < -0.4 is 21.8 Å². The molecule has 7 N–H and O–H groups in total. The molecule has 0 aliphatic carbocycles. The van der Waals surface area contributed by atoms with E-state index in [0.29, 0.717) is 18.2 Å². The number of amidine groups is 1. The van der Waals surface area contributed by atoms with Crippen LogP contribution in [0.3, 0.4) is 0 Å². The SMILES string of the molecule is CNc1nc(C(C)(C)O)c(C(=O)O)n1Cc1ccc(-c2cc(Cc3ccc(O)cc3)ccc2C2=NNNN2)cc1. The maximum atomic E-state index is 12.2. The van der Waals surface area contributed by atoms with Crippen LogP contribution in [0, 0.1) is 0 Å². The number of benzene rings is 3. The van der Waals surface area contributed by atoms with Crippen LogP contribution >= 0.6 is 0 Å². The minimum Gasteiger partial charge on any atom is -0.508 e. The summed E-state index contributed by atoms with van der Waals surface area (Å²) in [5.41, 5.74) is 13.0. The van der Waals surface area contributed by atoms with Crippen LogP contribution in [0.2, 0.25) is 0 Å². The first-order chi connectivity index (χ1) is 19.1. The average Bonchev–Trinajstić information content (AvgIpc) is 3.59. The number of aromatic nitrogens is 2. The van der Waals surface area contributed by atoms with Gasteiger partial charge in [0.25, 0.3) is 0 Å². The molecule has 2 heterocycles. The van der Waals surface area contributed by atoms with Crippen LogP contribution in [0.4, 0.5) is 5.95 Å². The van der Waals surface area contributed by atoms with E-state index in [4.69, 9.17) is 0 Å². The minimum atomic E-state index is -1.42. The van der Waals surface area contributed by atoms with Gasteiger partial charge in [-0.2, -0.15) is 0 Å². The summed E-state index contributed by atoms with van der Waals surface area (Å²) in [6.45, 7) is 3.28. The summed E-state index contributed by atoms with van der Waals surface area (Å²) in [6, 6.07) is 21.2. The van der Waals surface area contributed by atoms with Gasteiger partial charge in [-0.25, -0.2) is 15.3 Å². The number of nitrogens with zero attached hydrogens (tertiary/aromatic N) is 3. The van der Waals surface area contributed by atoms with Gasteiger partial charge < -0.3 is 20.6 Å². The molecule has 0 unspecified atom stereocenters. The van der Waals surface area contributed by atoms with Crippen LogP contribution in [-0.2, 0) is 18.6 Å². The first-order valence-corrected chi connectivity index (χ1v) is 12.7. The molecule has 0 atom stereocenters. The molecule has 1 aliphatic heterocycles. The quantitative estimate of drug-likeness (QED) is 0.169. The standard InChI is InChI=1S/C29H31N7O4/c1-29(2,40)25-24(27(38)39)36(28(30-3)31-25)16-18-4-9-20(10-5-18)23-15-19(14-17-6-11-21(37)12-7-17)8-13-22(23)26-32-34-35-33-26/h4-13,15,34-35,37,40H,14,16H2,1-3H3,(H,30,31)(H,32,33)(H,38,39). The molecule has 11 heteroatoms. The second-order valence-electron chi connectivity index (χ2n) is 10.1. The number of carboxylic acids is 1. The summed E-state index contributed by atoms with van der Waals surface area (Å²) in [5, 5.41) is 37.3. The van der Waals surface area contributed by atoms with Gasteiger partial charge in [-0.05, 0) is 60.2 Å². The molecule has 3 aromatic carbocycles. The fourth-order valence-electron chi connectivity index (χ4n) is 4.74. The number of phenols is 1. The van der Waals surface area contributed by atoms with E-state index in [1.54, 1.807) is 23.7 Å². The molecule has 0 radical (unpaired) electrons. The lowest BCUT2D eigenvalue weighted by Gasteiger charge is -2.16. The molecule has 1 aliphatic rings. The van der Waals surface area contributed by atoms with E-state index in [1.165, 1.54) is 13.8 Å². The Bertz CT molecular complexity index is 1570. The third-order valence-electron chi connectivity index (χ3n) is 6.67. The van der Waals surface area contributed by atoms with Crippen molar-refractivity contribution in [1.82, 2.24) is 26.0 Å². The summed E-state index contributed by atoms with van der Waals surface area (Å²) in [6.07, 6.45) is 0.691. The molecular weight excluding hydrogens is 510 g/mol. The highest BCUT2D eigenvalue weighted by Gasteiger charge is 2.31. The fraction of sp³-hybridized carbons (Fsp3) is 0.207. The maximum absolute atomic E-state index is 12.2. The molecule has 11 nitrogen and oxygen atoms in total. The van der Waals surface area contributed by atoms with E-state index >= 15 is 0 Å². The Morgan fingerprint density at radius 2 is 1.65 bits per heavy atom. The molecule has 0 fully saturated rings. The molecule has 206 valence electrons. The Labute approximate surface area is 231 Å². The van der Waals surface area contributed by atoms with E-state index in [2.05, 4.69) is 44.0 Å². The van der Waals surface area contributed by atoms with Gasteiger partial charge in [0.05, 0.1) is 6.54 Å². The third kappa shape index (κ3) is 5.46. The maximum Gasteiger partial charge on any atom is 0.354 e. The molecular formula is C29H31N7O4.